The van der Waals surface area contributed by atoms with Crippen LogP contribution in [0.3, 0.4) is 0 Å². The maximum Gasteiger partial charge on any atom is 0.329 e. The van der Waals surface area contributed by atoms with Crippen LogP contribution in [0.2, 0.25) is 5.02 Å². The Morgan fingerprint density at radius 1 is 1.13 bits per heavy atom. The van der Waals surface area contributed by atoms with E-state index in [1.807, 2.05) is 51.1 Å². The predicted octanol–water partition coefficient (Wildman–Crippen LogP) is 3.68. The summed E-state index contributed by atoms with van der Waals surface area (Å²) >= 11 is 6.38. The lowest BCUT2D eigenvalue weighted by Crippen LogP contribution is -2.41. The highest BCUT2D eigenvalue weighted by Gasteiger charge is 2.15. The van der Waals surface area contributed by atoms with Gasteiger partial charge in [0.05, 0.1) is 17.8 Å². The number of benzene rings is 2. The van der Waals surface area contributed by atoms with Crippen molar-refractivity contribution in [1.82, 2.24) is 10.7 Å². The fourth-order valence-corrected chi connectivity index (χ4v) is 2.68. The molecule has 7 nitrogen and oxygen atoms in total. The van der Waals surface area contributed by atoms with Crippen molar-refractivity contribution < 1.29 is 19.1 Å². The number of carbonyl (C=O) groups is 2. The largest absolute Gasteiger partial charge is 0.490 e. The molecule has 0 fully saturated rings. The topological polar surface area (TPSA) is 89.0 Å². The normalized spacial score (nSPS) is 11.7. The monoisotopic (exact) mass is 431 g/mol. The fraction of sp³-hybridized carbons (Fsp3) is 0.318. The number of hydrogen-bond acceptors (Lipinski definition) is 5. The molecule has 160 valence electrons. The van der Waals surface area contributed by atoms with Crippen LogP contribution in [0.15, 0.2) is 47.6 Å². The summed E-state index contributed by atoms with van der Waals surface area (Å²) in [5.74, 6) is -0.690. The minimum Gasteiger partial charge on any atom is -0.490 e. The summed E-state index contributed by atoms with van der Waals surface area (Å²) in [4.78, 5) is 23.5. The van der Waals surface area contributed by atoms with Crippen molar-refractivity contribution in [2.24, 2.45) is 5.10 Å². The van der Waals surface area contributed by atoms with Gasteiger partial charge in [-0.3, -0.25) is 9.59 Å². The maximum absolute atomic E-state index is 11.8. The molecule has 0 spiro atoms. The van der Waals surface area contributed by atoms with Crippen molar-refractivity contribution in [2.75, 3.05) is 6.61 Å². The molecule has 8 heteroatoms. The Balaban J connectivity index is 2.07. The van der Waals surface area contributed by atoms with Gasteiger partial charge in [0.2, 0.25) is 0 Å². The molecule has 30 heavy (non-hydrogen) atoms. The molecule has 0 radical (unpaired) electrons. The van der Waals surface area contributed by atoms with Crippen molar-refractivity contribution in [2.45, 2.75) is 39.8 Å². The highest BCUT2D eigenvalue weighted by atomic mass is 35.5. The Morgan fingerprint density at radius 3 is 2.53 bits per heavy atom. The number of nitrogens with zero attached hydrogens (tertiary/aromatic N) is 1. The molecular formula is C22H26ClN3O4. The molecule has 0 bridgehead atoms. The molecule has 0 aliphatic rings. The molecule has 0 saturated carbocycles. The van der Waals surface area contributed by atoms with Gasteiger partial charge in [-0.25, -0.2) is 5.43 Å². The molecule has 0 aliphatic heterocycles. The van der Waals surface area contributed by atoms with Gasteiger partial charge in [0.15, 0.2) is 11.5 Å². The molecule has 0 aromatic heterocycles. The van der Waals surface area contributed by atoms with E-state index in [4.69, 9.17) is 21.1 Å². The fourth-order valence-electron chi connectivity index (χ4n) is 2.40. The van der Waals surface area contributed by atoms with Crippen LogP contribution < -0.4 is 20.2 Å². The Labute approximate surface area is 181 Å². The summed E-state index contributed by atoms with van der Waals surface area (Å²) in [5, 5.41) is 6.73. The quantitative estimate of drug-likeness (QED) is 0.360. The first-order valence-corrected chi connectivity index (χ1v) is 10.1. The van der Waals surface area contributed by atoms with Crippen LogP contribution in [0, 0.1) is 0 Å². The molecule has 2 rings (SSSR count). The van der Waals surface area contributed by atoms with Crippen LogP contribution in [0.4, 0.5) is 0 Å². The lowest BCUT2D eigenvalue weighted by Gasteiger charge is -2.14. The lowest BCUT2D eigenvalue weighted by molar-refractivity contribution is -0.139. The molecule has 0 aliphatic carbocycles. The second-order valence-corrected chi connectivity index (χ2v) is 6.93. The van der Waals surface area contributed by atoms with Crippen molar-refractivity contribution >= 4 is 29.6 Å². The third-order valence-electron chi connectivity index (χ3n) is 4.13. The summed E-state index contributed by atoms with van der Waals surface area (Å²) in [7, 11) is 0. The van der Waals surface area contributed by atoms with Gasteiger partial charge in [-0.15, -0.1) is 0 Å². The number of halogens is 1. The minimum atomic E-state index is -0.842. The van der Waals surface area contributed by atoms with Gasteiger partial charge in [0, 0.05) is 6.04 Å². The van der Waals surface area contributed by atoms with Crippen LogP contribution >= 0.6 is 11.6 Å². The average Bonchev–Trinajstić information content (AvgIpc) is 2.73. The molecule has 0 unspecified atom stereocenters. The van der Waals surface area contributed by atoms with Crippen LogP contribution in [0.5, 0.6) is 11.5 Å². The Morgan fingerprint density at radius 2 is 1.87 bits per heavy atom. The number of ether oxygens (including phenoxy) is 2. The zero-order valence-electron chi connectivity index (χ0n) is 17.3. The summed E-state index contributed by atoms with van der Waals surface area (Å²) in [6.07, 6.45) is 2.10. The number of nitrogens with one attached hydrogen (secondary N) is 2. The Hall–Kier alpha value is -3.06. The molecule has 2 amide bonds. The second kappa shape index (κ2) is 11.8. The first-order valence-electron chi connectivity index (χ1n) is 9.71. The van der Waals surface area contributed by atoms with Gasteiger partial charge in [-0.2, -0.15) is 5.10 Å². The van der Waals surface area contributed by atoms with Crippen LogP contribution in [0.25, 0.3) is 0 Å². The Bertz CT molecular complexity index is 887. The second-order valence-electron chi connectivity index (χ2n) is 6.52. The van der Waals surface area contributed by atoms with E-state index in [9.17, 15) is 9.59 Å². The molecule has 2 aromatic rings. The number of amides is 2. The van der Waals surface area contributed by atoms with E-state index in [1.54, 1.807) is 12.1 Å². The van der Waals surface area contributed by atoms with Crippen LogP contribution in [0.1, 0.15) is 38.3 Å². The van der Waals surface area contributed by atoms with Crippen LogP contribution in [-0.4, -0.2) is 30.7 Å². The van der Waals surface area contributed by atoms with Crippen molar-refractivity contribution in [3.05, 3.63) is 58.6 Å². The van der Waals surface area contributed by atoms with Gasteiger partial charge in [0.1, 0.15) is 6.61 Å². The smallest absolute Gasteiger partial charge is 0.329 e. The lowest BCUT2D eigenvalue weighted by atomic mass is 10.2. The number of hydrazone groups is 1. The highest BCUT2D eigenvalue weighted by molar-refractivity contribution is 6.35. The molecule has 2 aromatic carbocycles. The van der Waals surface area contributed by atoms with E-state index in [0.29, 0.717) is 35.3 Å². The van der Waals surface area contributed by atoms with Crippen molar-refractivity contribution in [3.8, 4) is 11.5 Å². The van der Waals surface area contributed by atoms with Gasteiger partial charge in [-0.1, -0.05) is 48.9 Å². The zero-order valence-corrected chi connectivity index (χ0v) is 18.0. The third kappa shape index (κ3) is 7.08. The van der Waals surface area contributed by atoms with E-state index in [0.717, 1.165) is 12.0 Å². The van der Waals surface area contributed by atoms with E-state index >= 15 is 0 Å². The SMILES string of the molecule is CCOc1cc(/C=N\NC(=O)C(=O)N[C@@H](C)CC)cc(Cl)c1OCc1ccccc1. The number of hydrogen-bond donors (Lipinski definition) is 2. The van der Waals surface area contributed by atoms with Gasteiger partial charge >= 0.3 is 11.8 Å². The van der Waals surface area contributed by atoms with Gasteiger partial charge in [0.25, 0.3) is 0 Å². The zero-order chi connectivity index (χ0) is 21.9. The molecule has 0 saturated heterocycles. The molecular weight excluding hydrogens is 406 g/mol. The summed E-state index contributed by atoms with van der Waals surface area (Å²) in [5.41, 5.74) is 3.78. The maximum atomic E-state index is 11.8. The molecule has 0 heterocycles. The van der Waals surface area contributed by atoms with Crippen molar-refractivity contribution in [1.29, 1.82) is 0 Å². The predicted molar refractivity (Wildman–Crippen MR) is 117 cm³/mol. The van der Waals surface area contributed by atoms with E-state index in [1.165, 1.54) is 6.21 Å². The van der Waals surface area contributed by atoms with Crippen molar-refractivity contribution in [3.63, 3.8) is 0 Å². The number of carbonyl (C=O) groups excluding carboxylic acids is 2. The summed E-state index contributed by atoms with van der Waals surface area (Å²) in [6, 6.07) is 12.9. The van der Waals surface area contributed by atoms with E-state index in [-0.39, 0.29) is 6.04 Å². The van der Waals surface area contributed by atoms with E-state index in [2.05, 4.69) is 15.8 Å². The van der Waals surface area contributed by atoms with E-state index < -0.39 is 11.8 Å². The standard InChI is InChI=1S/C22H26ClN3O4/c1-4-15(3)25-21(27)22(28)26-24-13-17-11-18(23)20(19(12-17)29-5-2)30-14-16-9-7-6-8-10-16/h6-13,15H,4-5,14H2,1-3H3,(H,25,27)(H,26,28)/b24-13-/t15-/m0/s1. The minimum absolute atomic E-state index is 0.0942. The first kappa shape index (κ1) is 23.2. The average molecular weight is 432 g/mol. The third-order valence-corrected chi connectivity index (χ3v) is 4.41. The summed E-state index contributed by atoms with van der Waals surface area (Å²) in [6.45, 7) is 6.34. The highest BCUT2D eigenvalue weighted by Crippen LogP contribution is 2.36. The molecule has 1 atom stereocenters. The molecule has 2 N–H and O–H groups in total. The van der Waals surface area contributed by atoms with Gasteiger partial charge in [-0.05, 0) is 43.5 Å². The van der Waals surface area contributed by atoms with Crippen LogP contribution in [-0.2, 0) is 16.2 Å². The van der Waals surface area contributed by atoms with Gasteiger partial charge < -0.3 is 14.8 Å². The summed E-state index contributed by atoms with van der Waals surface area (Å²) < 4.78 is 11.5. The number of rotatable bonds is 9. The first-order chi connectivity index (χ1) is 14.4. The Kier molecular flexibility index (Phi) is 9.15.